The fraction of sp³-hybridized carbons (Fsp3) is 0.480. The second-order valence-corrected chi connectivity index (χ2v) is 8.70. The average molecular weight is 494 g/mol. The number of carbonyl (C=O) groups is 2. The summed E-state index contributed by atoms with van der Waals surface area (Å²) in [6, 6.07) is 5.15. The molecule has 0 saturated carbocycles. The van der Waals surface area contributed by atoms with Crippen molar-refractivity contribution in [3.63, 3.8) is 0 Å². The molecule has 0 radical (unpaired) electrons. The zero-order valence-electron chi connectivity index (χ0n) is 19.9. The van der Waals surface area contributed by atoms with E-state index in [4.69, 9.17) is 0 Å². The SMILES string of the molecule is CC[C@H](C)n1cc(C(=O)NCc2cccc(OC(F)(F)F)c2)c(=O)c(C(=O)N2CCCCCC2)c1. The van der Waals surface area contributed by atoms with Gasteiger partial charge in [-0.1, -0.05) is 31.9 Å². The highest BCUT2D eigenvalue weighted by Crippen LogP contribution is 2.23. The van der Waals surface area contributed by atoms with Gasteiger partial charge in [0.05, 0.1) is 0 Å². The molecule has 0 unspecified atom stereocenters. The second kappa shape index (κ2) is 11.4. The predicted molar refractivity (Wildman–Crippen MR) is 124 cm³/mol. The number of hydrogen-bond acceptors (Lipinski definition) is 4. The number of aromatic nitrogens is 1. The Hall–Kier alpha value is -3.30. The van der Waals surface area contributed by atoms with E-state index < -0.39 is 23.4 Å². The molecule has 7 nitrogen and oxygen atoms in total. The Morgan fingerprint density at radius 3 is 2.37 bits per heavy atom. The molecule has 1 aliphatic rings. The van der Waals surface area contributed by atoms with E-state index in [1.807, 2.05) is 13.8 Å². The summed E-state index contributed by atoms with van der Waals surface area (Å²) in [5, 5.41) is 2.57. The zero-order valence-corrected chi connectivity index (χ0v) is 19.9. The van der Waals surface area contributed by atoms with Gasteiger partial charge < -0.3 is 19.5 Å². The number of carbonyl (C=O) groups excluding carboxylic acids is 2. The van der Waals surface area contributed by atoms with E-state index in [-0.39, 0.29) is 29.6 Å². The van der Waals surface area contributed by atoms with Gasteiger partial charge in [0, 0.05) is 38.1 Å². The van der Waals surface area contributed by atoms with Gasteiger partial charge in [0.2, 0.25) is 5.43 Å². The van der Waals surface area contributed by atoms with Crippen LogP contribution in [0.5, 0.6) is 5.75 Å². The zero-order chi connectivity index (χ0) is 25.6. The Morgan fingerprint density at radius 1 is 1.09 bits per heavy atom. The lowest BCUT2D eigenvalue weighted by Crippen LogP contribution is -2.38. The van der Waals surface area contributed by atoms with Crippen LogP contribution in [0.1, 0.15) is 78.3 Å². The quantitative estimate of drug-likeness (QED) is 0.608. The van der Waals surface area contributed by atoms with Gasteiger partial charge in [-0.2, -0.15) is 0 Å². The van der Waals surface area contributed by atoms with Gasteiger partial charge in [0.25, 0.3) is 11.8 Å². The third-order valence-corrected chi connectivity index (χ3v) is 6.10. The first kappa shape index (κ1) is 26.3. The van der Waals surface area contributed by atoms with Crippen LogP contribution in [0.2, 0.25) is 0 Å². The molecule has 2 aromatic rings. The average Bonchev–Trinajstić information content (AvgIpc) is 3.10. The van der Waals surface area contributed by atoms with E-state index >= 15 is 0 Å². The molecule has 2 amide bonds. The standard InChI is InChI=1S/C25H30F3N3O4/c1-3-17(2)31-15-20(22(32)21(16-31)24(34)30-11-6-4-5-7-12-30)23(33)29-14-18-9-8-10-19(13-18)35-25(26,27)28/h8-10,13,15-17H,3-7,11-12,14H2,1-2H3,(H,29,33)/t17-/m0/s1. The number of pyridine rings is 1. The summed E-state index contributed by atoms with van der Waals surface area (Å²) in [5.74, 6) is -1.51. The number of rotatable bonds is 7. The lowest BCUT2D eigenvalue weighted by atomic mass is 10.1. The first-order valence-corrected chi connectivity index (χ1v) is 11.8. The van der Waals surface area contributed by atoms with Gasteiger partial charge in [0.15, 0.2) is 0 Å². The van der Waals surface area contributed by atoms with Gasteiger partial charge in [-0.15, -0.1) is 13.2 Å². The number of hydrogen-bond donors (Lipinski definition) is 1. The second-order valence-electron chi connectivity index (χ2n) is 8.70. The molecule has 2 heterocycles. The number of likely N-dealkylation sites (tertiary alicyclic amines) is 1. The lowest BCUT2D eigenvalue weighted by Gasteiger charge is -2.22. The highest BCUT2D eigenvalue weighted by Gasteiger charge is 2.31. The van der Waals surface area contributed by atoms with Crippen LogP contribution < -0.4 is 15.5 Å². The van der Waals surface area contributed by atoms with Gasteiger partial charge in [0.1, 0.15) is 16.9 Å². The summed E-state index contributed by atoms with van der Waals surface area (Å²) in [5.41, 5.74) is -0.543. The van der Waals surface area contributed by atoms with E-state index in [1.54, 1.807) is 9.47 Å². The van der Waals surface area contributed by atoms with Crippen LogP contribution in [0.25, 0.3) is 0 Å². The van der Waals surface area contributed by atoms with Crippen molar-refractivity contribution < 1.29 is 27.5 Å². The molecule has 1 N–H and O–H groups in total. The summed E-state index contributed by atoms with van der Waals surface area (Å²) >= 11 is 0. The normalized spacial score (nSPS) is 15.3. The van der Waals surface area contributed by atoms with Crippen molar-refractivity contribution in [3.05, 3.63) is 63.6 Å². The molecule has 1 aliphatic heterocycles. The molecule has 0 aliphatic carbocycles. The van der Waals surface area contributed by atoms with Gasteiger partial charge in [-0.25, -0.2) is 0 Å². The molecule has 1 fully saturated rings. The number of amides is 2. The Balaban J connectivity index is 1.85. The molecule has 0 spiro atoms. The summed E-state index contributed by atoms with van der Waals surface area (Å²) in [4.78, 5) is 41.0. The molecule has 1 saturated heterocycles. The van der Waals surface area contributed by atoms with Gasteiger partial charge in [-0.05, 0) is 43.9 Å². The molecule has 35 heavy (non-hydrogen) atoms. The van der Waals surface area contributed by atoms with Crippen LogP contribution in [0.3, 0.4) is 0 Å². The Labute approximate surface area is 201 Å². The Morgan fingerprint density at radius 2 is 1.74 bits per heavy atom. The number of alkyl halides is 3. The van der Waals surface area contributed by atoms with E-state index in [1.165, 1.54) is 24.5 Å². The maximum atomic E-state index is 13.2. The van der Waals surface area contributed by atoms with Crippen molar-refractivity contribution in [2.75, 3.05) is 13.1 Å². The molecule has 0 bridgehead atoms. The maximum absolute atomic E-state index is 13.2. The minimum absolute atomic E-state index is 0.0552. The molecule has 1 atom stereocenters. The minimum Gasteiger partial charge on any atom is -0.406 e. The Kier molecular flexibility index (Phi) is 8.58. The topological polar surface area (TPSA) is 80.6 Å². The fourth-order valence-corrected chi connectivity index (χ4v) is 3.95. The van der Waals surface area contributed by atoms with Crippen molar-refractivity contribution in [1.82, 2.24) is 14.8 Å². The molecular formula is C25H30F3N3O4. The third-order valence-electron chi connectivity index (χ3n) is 6.10. The summed E-state index contributed by atoms with van der Waals surface area (Å²) in [7, 11) is 0. The van der Waals surface area contributed by atoms with E-state index in [9.17, 15) is 27.6 Å². The highest BCUT2D eigenvalue weighted by atomic mass is 19.4. The molecule has 3 rings (SSSR count). The van der Waals surface area contributed by atoms with Crippen molar-refractivity contribution >= 4 is 11.8 Å². The summed E-state index contributed by atoms with van der Waals surface area (Å²) in [6.45, 7) is 4.87. The number of halogens is 3. The van der Waals surface area contributed by atoms with Gasteiger partial charge in [-0.3, -0.25) is 14.4 Å². The van der Waals surface area contributed by atoms with Crippen LogP contribution in [0, 0.1) is 0 Å². The number of nitrogens with zero attached hydrogens (tertiary/aromatic N) is 2. The number of ether oxygens (including phenoxy) is 1. The minimum atomic E-state index is -4.83. The molecule has 1 aromatic carbocycles. The van der Waals surface area contributed by atoms with Crippen LogP contribution in [-0.4, -0.2) is 40.7 Å². The number of nitrogens with one attached hydrogen (secondary N) is 1. The van der Waals surface area contributed by atoms with Crippen LogP contribution in [-0.2, 0) is 6.54 Å². The van der Waals surface area contributed by atoms with Crippen molar-refractivity contribution in [2.24, 2.45) is 0 Å². The first-order valence-electron chi connectivity index (χ1n) is 11.8. The predicted octanol–water partition coefficient (Wildman–Crippen LogP) is 4.66. The highest BCUT2D eigenvalue weighted by molar-refractivity contribution is 5.99. The Bertz CT molecular complexity index is 1110. The number of benzene rings is 1. The third kappa shape index (κ3) is 7.10. The molecular weight excluding hydrogens is 463 g/mol. The maximum Gasteiger partial charge on any atom is 0.573 e. The van der Waals surface area contributed by atoms with Crippen LogP contribution in [0.4, 0.5) is 13.2 Å². The van der Waals surface area contributed by atoms with Crippen molar-refractivity contribution in [1.29, 1.82) is 0 Å². The molecule has 10 heteroatoms. The largest absolute Gasteiger partial charge is 0.573 e. The molecule has 1 aromatic heterocycles. The van der Waals surface area contributed by atoms with Crippen molar-refractivity contribution in [2.45, 2.75) is 64.9 Å². The van der Waals surface area contributed by atoms with Gasteiger partial charge >= 0.3 is 6.36 Å². The van der Waals surface area contributed by atoms with Crippen LogP contribution in [0.15, 0.2) is 41.5 Å². The monoisotopic (exact) mass is 493 g/mol. The van der Waals surface area contributed by atoms with E-state index in [2.05, 4.69) is 10.1 Å². The smallest absolute Gasteiger partial charge is 0.406 e. The summed E-state index contributed by atoms with van der Waals surface area (Å²) in [6.07, 6.45) is 2.60. The molecule has 190 valence electrons. The van der Waals surface area contributed by atoms with E-state index in [0.29, 0.717) is 25.1 Å². The summed E-state index contributed by atoms with van der Waals surface area (Å²) < 4.78 is 43.1. The van der Waals surface area contributed by atoms with Crippen molar-refractivity contribution in [3.8, 4) is 5.75 Å². The van der Waals surface area contributed by atoms with Crippen LogP contribution >= 0.6 is 0 Å². The fourth-order valence-electron chi connectivity index (χ4n) is 3.95. The van der Waals surface area contributed by atoms with E-state index in [0.717, 1.165) is 37.8 Å². The first-order chi connectivity index (χ1) is 16.6. The lowest BCUT2D eigenvalue weighted by molar-refractivity contribution is -0.274.